The van der Waals surface area contributed by atoms with Gasteiger partial charge in [0.15, 0.2) is 11.5 Å². The molecule has 1 unspecified atom stereocenters. The summed E-state index contributed by atoms with van der Waals surface area (Å²) in [5, 5.41) is 31.6. The van der Waals surface area contributed by atoms with Crippen molar-refractivity contribution < 1.29 is 24.3 Å². The zero-order valence-electron chi connectivity index (χ0n) is 32.5. The van der Waals surface area contributed by atoms with E-state index < -0.39 is 11.9 Å². The van der Waals surface area contributed by atoms with E-state index in [4.69, 9.17) is 22.0 Å². The number of piperidine rings is 2. The number of phenols is 1. The van der Waals surface area contributed by atoms with Gasteiger partial charge in [0, 0.05) is 71.0 Å². The number of nitrogens with zero attached hydrogens (tertiary/aromatic N) is 7. The number of piperazine rings is 1. The summed E-state index contributed by atoms with van der Waals surface area (Å²) < 4.78 is 0. The Morgan fingerprint density at radius 2 is 1.63 bits per heavy atom. The molecular weight excluding hydrogens is 746 g/mol. The van der Waals surface area contributed by atoms with Crippen molar-refractivity contribution in [1.82, 2.24) is 30.6 Å². The third kappa shape index (κ3) is 11.4. The van der Waals surface area contributed by atoms with Crippen LogP contribution in [0.2, 0.25) is 5.02 Å². The Morgan fingerprint density at radius 3 is 2.26 bits per heavy atom. The summed E-state index contributed by atoms with van der Waals surface area (Å²) in [6, 6.07) is 17.7. The van der Waals surface area contributed by atoms with Crippen molar-refractivity contribution in [3.8, 4) is 11.8 Å². The summed E-state index contributed by atoms with van der Waals surface area (Å²) in [6.45, 7) is 6.98. The summed E-state index contributed by atoms with van der Waals surface area (Å²) in [7, 11) is 1.63. The second-order valence-corrected chi connectivity index (χ2v) is 15.8. The lowest BCUT2D eigenvalue weighted by Gasteiger charge is -2.39. The smallest absolute Gasteiger partial charge is 0.272 e. The number of benzene rings is 2. The molecule has 3 saturated heterocycles. The maximum Gasteiger partial charge on any atom is 0.272 e. The number of halogens is 1. The number of nitriles is 1. The highest BCUT2D eigenvalue weighted by Crippen LogP contribution is 2.25. The molecule has 0 radical (unpaired) electrons. The number of hydrogen-bond donors (Lipinski definition) is 3. The number of phenolic OH excluding ortho intramolecular Hbond substituents is 1. The van der Waals surface area contributed by atoms with Crippen LogP contribution < -0.4 is 20.4 Å². The maximum atomic E-state index is 12.8. The van der Waals surface area contributed by atoms with E-state index in [1.54, 1.807) is 7.05 Å². The molecule has 3 N–H and O–H groups in total. The van der Waals surface area contributed by atoms with Gasteiger partial charge in [-0.25, -0.2) is 0 Å². The lowest BCUT2D eigenvalue weighted by atomic mass is 9.95. The molecule has 1 atom stereocenters. The average molecular weight is 798 g/mol. The largest absolute Gasteiger partial charge is 0.508 e. The third-order valence-corrected chi connectivity index (χ3v) is 11.8. The molecule has 1 saturated carbocycles. The molecule has 4 fully saturated rings. The lowest BCUT2D eigenvalue weighted by Crippen LogP contribution is -2.53. The Bertz CT molecular complexity index is 1900. The standard InChI is InChI=1S/C35H48N8O4.C7H4ClNO/c1-40(30-12-14-32(44)37-35(30)47)33(45)23-25-7-9-28(10-8-25)42-21-19-41(20-22-42)24-26-15-17-43(18-16-26)31-13-11-29(38-39-31)34(46)36-27-5-3-2-4-6-27;8-7-3-6(10)2-1-5(7)4-9/h7-11,13,26-27,30H,2-6,12,14-24H2,1H3,(H,36,46)(H,37,44,47);1-3,10H. The normalized spacial score (nSPS) is 19.5. The first-order valence-corrected chi connectivity index (χ1v) is 20.4. The van der Waals surface area contributed by atoms with Gasteiger partial charge in [0.2, 0.25) is 17.7 Å². The van der Waals surface area contributed by atoms with Crippen LogP contribution in [0.25, 0.3) is 0 Å². The molecule has 7 rings (SSSR count). The molecule has 1 aliphatic carbocycles. The minimum Gasteiger partial charge on any atom is -0.508 e. The van der Waals surface area contributed by atoms with E-state index in [1.807, 2.05) is 30.3 Å². The van der Waals surface area contributed by atoms with Crippen molar-refractivity contribution in [1.29, 1.82) is 5.26 Å². The molecule has 1 aromatic heterocycles. The van der Waals surface area contributed by atoms with Crippen molar-refractivity contribution in [3.05, 3.63) is 76.4 Å². The van der Waals surface area contributed by atoms with Crippen molar-refractivity contribution >= 4 is 46.7 Å². The van der Waals surface area contributed by atoms with Crippen LogP contribution in [0.4, 0.5) is 11.5 Å². The number of amides is 4. The van der Waals surface area contributed by atoms with Crippen LogP contribution in [-0.2, 0) is 20.8 Å². The third-order valence-electron chi connectivity index (χ3n) is 11.5. The van der Waals surface area contributed by atoms with Gasteiger partial charge >= 0.3 is 0 Å². The number of aromatic nitrogens is 2. The fourth-order valence-electron chi connectivity index (χ4n) is 7.96. The van der Waals surface area contributed by atoms with Crippen LogP contribution in [-0.4, -0.2) is 114 Å². The van der Waals surface area contributed by atoms with Gasteiger partial charge in [0.25, 0.3) is 5.91 Å². The Kier molecular flexibility index (Phi) is 14.3. The van der Waals surface area contributed by atoms with Crippen LogP contribution in [0.1, 0.15) is 79.4 Å². The van der Waals surface area contributed by atoms with Crippen LogP contribution >= 0.6 is 11.6 Å². The fraction of sp³-hybridized carbons (Fsp3) is 0.500. The highest BCUT2D eigenvalue weighted by Gasteiger charge is 2.32. The van der Waals surface area contributed by atoms with Crippen molar-refractivity contribution in [2.24, 2.45) is 5.92 Å². The first-order chi connectivity index (χ1) is 27.6. The average Bonchev–Trinajstić information content (AvgIpc) is 3.22. The highest BCUT2D eigenvalue weighted by molar-refractivity contribution is 6.31. The fourth-order valence-corrected chi connectivity index (χ4v) is 8.18. The van der Waals surface area contributed by atoms with E-state index in [9.17, 15) is 19.2 Å². The Morgan fingerprint density at radius 1 is 0.912 bits per heavy atom. The molecule has 4 aliphatic rings. The highest BCUT2D eigenvalue weighted by atomic mass is 35.5. The molecule has 0 spiro atoms. The Balaban J connectivity index is 0.000000479. The second-order valence-electron chi connectivity index (χ2n) is 15.4. The lowest BCUT2D eigenvalue weighted by molar-refractivity contribution is -0.144. The van der Waals surface area contributed by atoms with Crippen LogP contribution in [0.15, 0.2) is 54.6 Å². The summed E-state index contributed by atoms with van der Waals surface area (Å²) in [6.07, 6.45) is 8.79. The molecule has 2 aromatic carbocycles. The number of carbonyl (C=O) groups excluding carboxylic acids is 4. The SMILES string of the molecule is CN(C(=O)Cc1ccc(N2CCN(CC3CCN(c4ccc(C(=O)NC5CCCCC5)nn4)CC3)CC2)cc1)C1CCC(=O)NC1=O.N#Cc1ccc(O)cc1Cl. The summed E-state index contributed by atoms with van der Waals surface area (Å²) >= 11 is 5.55. The number of anilines is 2. The molecule has 4 heterocycles. The predicted molar refractivity (Wildman–Crippen MR) is 217 cm³/mol. The first-order valence-electron chi connectivity index (χ1n) is 20.0. The molecule has 4 amide bonds. The van der Waals surface area contributed by atoms with Gasteiger partial charge in [0.1, 0.15) is 17.9 Å². The molecule has 302 valence electrons. The molecule has 3 aliphatic heterocycles. The van der Waals surface area contributed by atoms with Gasteiger partial charge in [-0.1, -0.05) is 43.0 Å². The molecular formula is C42H52ClN9O5. The molecule has 14 nitrogen and oxygen atoms in total. The number of nitrogens with one attached hydrogen (secondary N) is 2. The van der Waals surface area contributed by atoms with E-state index in [2.05, 4.69) is 47.7 Å². The van der Waals surface area contributed by atoms with E-state index in [1.165, 1.54) is 42.4 Å². The molecule has 15 heteroatoms. The number of hydrogen-bond acceptors (Lipinski definition) is 11. The minimum absolute atomic E-state index is 0.0731. The van der Waals surface area contributed by atoms with Gasteiger partial charge in [-0.2, -0.15) is 5.26 Å². The number of imide groups is 1. The van der Waals surface area contributed by atoms with E-state index >= 15 is 0 Å². The summed E-state index contributed by atoms with van der Waals surface area (Å²) in [4.78, 5) is 57.7. The van der Waals surface area contributed by atoms with E-state index in [-0.39, 0.29) is 47.4 Å². The zero-order valence-corrected chi connectivity index (χ0v) is 33.3. The van der Waals surface area contributed by atoms with Crippen molar-refractivity contribution in [2.75, 3.05) is 62.7 Å². The number of likely N-dealkylation sites (N-methyl/N-ethyl adjacent to an activating group) is 1. The van der Waals surface area contributed by atoms with Crippen LogP contribution in [0, 0.1) is 17.2 Å². The quantitative estimate of drug-likeness (QED) is 0.264. The van der Waals surface area contributed by atoms with Gasteiger partial charge in [0.05, 0.1) is 17.0 Å². The molecule has 57 heavy (non-hydrogen) atoms. The number of aromatic hydroxyl groups is 1. The summed E-state index contributed by atoms with van der Waals surface area (Å²) in [5.74, 6) is 0.649. The topological polar surface area (TPSA) is 175 Å². The Hall–Kier alpha value is -5.26. The number of rotatable bonds is 9. The van der Waals surface area contributed by atoms with Gasteiger partial charge in [-0.3, -0.25) is 29.4 Å². The van der Waals surface area contributed by atoms with Gasteiger partial charge < -0.3 is 25.1 Å². The first kappa shape index (κ1) is 41.4. The monoisotopic (exact) mass is 797 g/mol. The van der Waals surface area contributed by atoms with E-state index in [0.717, 1.165) is 88.6 Å². The predicted octanol–water partition coefficient (Wildman–Crippen LogP) is 4.30. The van der Waals surface area contributed by atoms with Crippen LogP contribution in [0.3, 0.4) is 0 Å². The van der Waals surface area contributed by atoms with Crippen molar-refractivity contribution in [2.45, 2.75) is 76.3 Å². The van der Waals surface area contributed by atoms with Crippen molar-refractivity contribution in [3.63, 3.8) is 0 Å². The second kappa shape index (κ2) is 19.7. The van der Waals surface area contributed by atoms with Crippen LogP contribution in [0.5, 0.6) is 5.75 Å². The van der Waals surface area contributed by atoms with Gasteiger partial charge in [-0.15, -0.1) is 10.2 Å². The van der Waals surface area contributed by atoms with E-state index in [0.29, 0.717) is 23.6 Å². The number of carbonyl (C=O) groups is 4. The minimum atomic E-state index is -0.596. The summed E-state index contributed by atoms with van der Waals surface area (Å²) in [5.41, 5.74) is 2.84. The molecule has 0 bridgehead atoms. The molecule has 3 aromatic rings. The zero-order chi connectivity index (χ0) is 40.3. The van der Waals surface area contributed by atoms with Gasteiger partial charge in [-0.05, 0) is 86.1 Å². The Labute approximate surface area is 339 Å². The maximum absolute atomic E-state index is 12.8.